The molecule has 0 fully saturated rings. The fourth-order valence-corrected chi connectivity index (χ4v) is 2.23. The number of aromatic nitrogens is 1. The van der Waals surface area contributed by atoms with Gasteiger partial charge in [-0.05, 0) is 24.1 Å². The summed E-state index contributed by atoms with van der Waals surface area (Å²) in [5.74, 6) is -2.59. The molecule has 1 aliphatic rings. The number of nitrogen functional groups attached to an aromatic ring is 1. The average molecular weight is 265 g/mol. The number of halogens is 3. The lowest BCUT2D eigenvalue weighted by Crippen LogP contribution is -2.17. The molecule has 0 saturated heterocycles. The molecule has 0 bridgehead atoms. The zero-order chi connectivity index (χ0) is 13.6. The van der Waals surface area contributed by atoms with Crippen molar-refractivity contribution in [3.8, 4) is 0 Å². The fourth-order valence-electron chi connectivity index (χ4n) is 2.23. The lowest BCUT2D eigenvalue weighted by atomic mass is 10.2. The number of hydrogen-bond donors (Lipinski definition) is 1. The predicted octanol–water partition coefficient (Wildman–Crippen LogP) is 2.78. The number of fused-ring (bicyclic) bond motifs is 1. The SMILES string of the molecule is Nc1nc(N2CCc3ccc(F)cc32)c(F)cc1F. The fraction of sp³-hybridized carbons (Fsp3) is 0.154. The van der Waals surface area contributed by atoms with Gasteiger partial charge in [-0.25, -0.2) is 18.2 Å². The highest BCUT2D eigenvalue weighted by atomic mass is 19.1. The predicted molar refractivity (Wildman–Crippen MR) is 65.7 cm³/mol. The first-order valence-electron chi connectivity index (χ1n) is 5.74. The molecule has 6 heteroatoms. The molecule has 0 aliphatic carbocycles. The number of nitrogens with two attached hydrogens (primary N) is 1. The van der Waals surface area contributed by atoms with Crippen LogP contribution in [0.1, 0.15) is 5.56 Å². The minimum absolute atomic E-state index is 0.0803. The maximum absolute atomic E-state index is 13.8. The van der Waals surface area contributed by atoms with Gasteiger partial charge in [0, 0.05) is 18.3 Å². The number of benzene rings is 1. The van der Waals surface area contributed by atoms with Crippen LogP contribution in [-0.4, -0.2) is 11.5 Å². The molecule has 98 valence electrons. The van der Waals surface area contributed by atoms with Gasteiger partial charge in [0.15, 0.2) is 23.3 Å². The number of nitrogens with zero attached hydrogens (tertiary/aromatic N) is 2. The Hall–Kier alpha value is -2.24. The zero-order valence-electron chi connectivity index (χ0n) is 9.83. The van der Waals surface area contributed by atoms with Crippen LogP contribution in [0, 0.1) is 17.5 Å². The number of hydrogen-bond acceptors (Lipinski definition) is 3. The molecule has 1 aromatic carbocycles. The minimum Gasteiger partial charge on any atom is -0.381 e. The summed E-state index contributed by atoms with van der Waals surface area (Å²) in [5, 5.41) is 0. The molecule has 19 heavy (non-hydrogen) atoms. The van der Waals surface area contributed by atoms with E-state index in [-0.39, 0.29) is 11.6 Å². The zero-order valence-corrected chi connectivity index (χ0v) is 9.83. The van der Waals surface area contributed by atoms with Crippen molar-refractivity contribution in [3.63, 3.8) is 0 Å². The van der Waals surface area contributed by atoms with Crippen LogP contribution in [0.25, 0.3) is 0 Å². The second-order valence-corrected chi connectivity index (χ2v) is 4.34. The molecular formula is C13H10F3N3. The average Bonchev–Trinajstić information content (AvgIpc) is 2.76. The molecule has 0 radical (unpaired) electrons. The molecule has 2 N–H and O–H groups in total. The summed E-state index contributed by atoms with van der Waals surface area (Å²) in [5.41, 5.74) is 6.79. The Balaban J connectivity index is 2.11. The van der Waals surface area contributed by atoms with Crippen molar-refractivity contribution in [1.29, 1.82) is 0 Å². The molecular weight excluding hydrogens is 255 g/mol. The van der Waals surface area contributed by atoms with E-state index in [4.69, 9.17) is 5.73 Å². The van der Waals surface area contributed by atoms with Gasteiger partial charge in [0.1, 0.15) is 5.82 Å². The maximum atomic E-state index is 13.8. The minimum atomic E-state index is -0.903. The van der Waals surface area contributed by atoms with Gasteiger partial charge in [-0.1, -0.05) is 6.07 Å². The Morgan fingerprint density at radius 2 is 1.89 bits per heavy atom. The second-order valence-electron chi connectivity index (χ2n) is 4.34. The third-order valence-corrected chi connectivity index (χ3v) is 3.14. The van der Waals surface area contributed by atoms with E-state index in [1.54, 1.807) is 6.07 Å². The van der Waals surface area contributed by atoms with Gasteiger partial charge in [0.05, 0.1) is 0 Å². The van der Waals surface area contributed by atoms with E-state index in [1.165, 1.54) is 17.0 Å². The molecule has 2 aromatic rings. The first-order valence-corrected chi connectivity index (χ1v) is 5.74. The second kappa shape index (κ2) is 4.15. The monoisotopic (exact) mass is 265 g/mol. The van der Waals surface area contributed by atoms with Crippen LogP contribution in [-0.2, 0) is 6.42 Å². The van der Waals surface area contributed by atoms with Crippen molar-refractivity contribution >= 4 is 17.3 Å². The van der Waals surface area contributed by atoms with Crippen molar-refractivity contribution < 1.29 is 13.2 Å². The summed E-state index contributed by atoms with van der Waals surface area (Å²) in [6.45, 7) is 0.452. The molecule has 1 aliphatic heterocycles. The Morgan fingerprint density at radius 3 is 2.68 bits per heavy atom. The van der Waals surface area contributed by atoms with Gasteiger partial charge in [0.2, 0.25) is 0 Å². The van der Waals surface area contributed by atoms with E-state index in [1.807, 2.05) is 0 Å². The summed E-state index contributed by atoms with van der Waals surface area (Å²) in [4.78, 5) is 5.22. The van der Waals surface area contributed by atoms with Gasteiger partial charge in [0.25, 0.3) is 0 Å². The summed E-state index contributed by atoms with van der Waals surface area (Å²) < 4.78 is 40.2. The molecule has 0 spiro atoms. The lowest BCUT2D eigenvalue weighted by molar-refractivity contribution is 0.576. The Morgan fingerprint density at radius 1 is 1.11 bits per heavy atom. The molecule has 3 nitrogen and oxygen atoms in total. The van der Waals surface area contributed by atoms with Gasteiger partial charge < -0.3 is 10.6 Å². The van der Waals surface area contributed by atoms with Crippen molar-refractivity contribution in [2.24, 2.45) is 0 Å². The molecule has 0 atom stereocenters. The van der Waals surface area contributed by atoms with E-state index in [9.17, 15) is 13.2 Å². The topological polar surface area (TPSA) is 42.1 Å². The highest BCUT2D eigenvalue weighted by Gasteiger charge is 2.25. The van der Waals surface area contributed by atoms with Crippen LogP contribution in [0.15, 0.2) is 24.3 Å². The van der Waals surface area contributed by atoms with Crippen LogP contribution in [0.3, 0.4) is 0 Å². The molecule has 1 aromatic heterocycles. The van der Waals surface area contributed by atoms with Crippen molar-refractivity contribution in [2.75, 3.05) is 17.2 Å². The third kappa shape index (κ3) is 1.89. The molecule has 3 rings (SSSR count). The quantitative estimate of drug-likeness (QED) is 0.862. The lowest BCUT2D eigenvalue weighted by Gasteiger charge is -2.19. The van der Waals surface area contributed by atoms with Crippen molar-refractivity contribution in [1.82, 2.24) is 4.98 Å². The first kappa shape index (κ1) is 11.8. The first-order chi connectivity index (χ1) is 9.06. The van der Waals surface area contributed by atoms with Crippen LogP contribution < -0.4 is 10.6 Å². The van der Waals surface area contributed by atoms with Gasteiger partial charge in [-0.3, -0.25) is 0 Å². The van der Waals surface area contributed by atoms with Crippen LogP contribution >= 0.6 is 0 Å². The van der Waals surface area contributed by atoms with Gasteiger partial charge >= 0.3 is 0 Å². The summed E-state index contributed by atoms with van der Waals surface area (Å²) in [7, 11) is 0. The number of anilines is 3. The Bertz CT molecular complexity index is 658. The van der Waals surface area contributed by atoms with Crippen molar-refractivity contribution in [2.45, 2.75) is 6.42 Å². The summed E-state index contributed by atoms with van der Waals surface area (Å²) in [6, 6.07) is 5.00. The Labute approximate surface area is 107 Å². The van der Waals surface area contributed by atoms with E-state index in [0.717, 1.165) is 5.56 Å². The van der Waals surface area contributed by atoms with E-state index in [2.05, 4.69) is 4.98 Å². The molecule has 0 saturated carbocycles. The summed E-state index contributed by atoms with van der Waals surface area (Å²) >= 11 is 0. The van der Waals surface area contributed by atoms with E-state index < -0.39 is 17.5 Å². The van der Waals surface area contributed by atoms with Gasteiger partial charge in [-0.2, -0.15) is 0 Å². The van der Waals surface area contributed by atoms with Crippen LogP contribution in [0.2, 0.25) is 0 Å². The highest BCUT2D eigenvalue weighted by Crippen LogP contribution is 2.35. The van der Waals surface area contributed by atoms with E-state index >= 15 is 0 Å². The molecule has 0 amide bonds. The maximum Gasteiger partial charge on any atom is 0.171 e. The van der Waals surface area contributed by atoms with Crippen molar-refractivity contribution in [3.05, 3.63) is 47.3 Å². The molecule has 0 unspecified atom stereocenters. The molecule has 2 heterocycles. The van der Waals surface area contributed by atoms with Crippen LogP contribution in [0.4, 0.5) is 30.5 Å². The Kier molecular flexibility index (Phi) is 2.58. The normalized spacial score (nSPS) is 13.7. The summed E-state index contributed by atoms with van der Waals surface area (Å²) in [6.07, 6.45) is 0.647. The number of pyridine rings is 1. The van der Waals surface area contributed by atoms with Gasteiger partial charge in [-0.15, -0.1) is 0 Å². The highest BCUT2D eigenvalue weighted by molar-refractivity contribution is 5.68. The smallest absolute Gasteiger partial charge is 0.171 e. The third-order valence-electron chi connectivity index (χ3n) is 3.14. The standard InChI is InChI=1S/C13H10F3N3/c14-8-2-1-7-3-4-19(11(7)5-8)13-10(16)6-9(15)12(17)18-13/h1-2,5-6H,3-4H2,(H2,17,18). The van der Waals surface area contributed by atoms with Crippen LogP contribution in [0.5, 0.6) is 0 Å². The van der Waals surface area contributed by atoms with E-state index in [0.29, 0.717) is 24.7 Å². The largest absolute Gasteiger partial charge is 0.381 e. The number of rotatable bonds is 1.